The number of nitrogens with zero attached hydrogens (tertiary/aromatic N) is 2. The summed E-state index contributed by atoms with van der Waals surface area (Å²) in [4.78, 5) is 21.0. The van der Waals surface area contributed by atoms with Crippen LogP contribution >= 0.6 is 23.1 Å². The molecule has 0 saturated carbocycles. The third kappa shape index (κ3) is 4.13. The second-order valence-electron chi connectivity index (χ2n) is 7.54. The molecule has 2 unspecified atom stereocenters. The zero-order valence-electron chi connectivity index (χ0n) is 15.3. The molecule has 26 heavy (non-hydrogen) atoms. The van der Waals surface area contributed by atoms with Crippen molar-refractivity contribution in [2.45, 2.75) is 49.8 Å². The first kappa shape index (κ1) is 18.0. The Hall–Kier alpha value is -1.37. The molecule has 4 rings (SSSR count). The summed E-state index contributed by atoms with van der Waals surface area (Å²) >= 11 is 3.20. The van der Waals surface area contributed by atoms with E-state index in [0.29, 0.717) is 0 Å². The van der Waals surface area contributed by atoms with Gasteiger partial charge in [-0.15, -0.1) is 23.1 Å². The lowest BCUT2D eigenvalue weighted by Crippen LogP contribution is -2.33. The first-order valence-electron chi connectivity index (χ1n) is 9.30. The zero-order chi connectivity index (χ0) is 18.1. The van der Waals surface area contributed by atoms with Crippen molar-refractivity contribution in [3.8, 4) is 0 Å². The Balaban J connectivity index is 1.33. The molecule has 2 aliphatic heterocycles. The molecule has 1 aromatic heterocycles. The molecular formula is C20H25N3OS2. The van der Waals surface area contributed by atoms with Crippen molar-refractivity contribution in [1.29, 1.82) is 0 Å². The number of rotatable bonds is 4. The van der Waals surface area contributed by atoms with Crippen LogP contribution in [0.3, 0.4) is 0 Å². The quantitative estimate of drug-likeness (QED) is 0.848. The molecule has 2 aliphatic rings. The summed E-state index contributed by atoms with van der Waals surface area (Å²) in [7, 11) is 0. The molecule has 138 valence electrons. The number of aromatic nitrogens is 1. The number of thiazole rings is 1. The van der Waals surface area contributed by atoms with Gasteiger partial charge in [0.15, 0.2) is 5.13 Å². The number of carbonyl (C=O) groups is 1. The van der Waals surface area contributed by atoms with Gasteiger partial charge in [-0.3, -0.25) is 9.69 Å². The highest BCUT2D eigenvalue weighted by atomic mass is 32.2. The van der Waals surface area contributed by atoms with Crippen molar-refractivity contribution in [3.05, 3.63) is 40.4 Å². The van der Waals surface area contributed by atoms with E-state index in [2.05, 4.69) is 52.6 Å². The standard InChI is InChI=1S/C20H25N3OS2/c1-13-5-6-15-9-18(26-17(15)8-13)19(24)22-20-21-16(12-25-20)11-23-7-3-4-14(2)10-23/h5-6,8,12,14,18H,3-4,7,9-11H2,1-2H3,(H,21,22,24). The van der Waals surface area contributed by atoms with E-state index in [4.69, 9.17) is 0 Å². The molecule has 4 nitrogen and oxygen atoms in total. The molecule has 1 saturated heterocycles. The topological polar surface area (TPSA) is 45.2 Å². The zero-order valence-corrected chi connectivity index (χ0v) is 17.0. The molecule has 1 fully saturated rings. The Morgan fingerprint density at radius 3 is 3.15 bits per heavy atom. The molecule has 2 aromatic rings. The van der Waals surface area contributed by atoms with Gasteiger partial charge in [0.25, 0.3) is 0 Å². The van der Waals surface area contributed by atoms with Crippen LogP contribution in [0.4, 0.5) is 5.13 Å². The van der Waals surface area contributed by atoms with Gasteiger partial charge in [-0.05, 0) is 50.3 Å². The molecule has 3 heterocycles. The van der Waals surface area contributed by atoms with Crippen LogP contribution < -0.4 is 5.32 Å². The smallest absolute Gasteiger partial charge is 0.239 e. The molecule has 1 amide bonds. The molecule has 1 N–H and O–H groups in total. The Kier molecular flexibility index (Phi) is 5.34. The average molecular weight is 388 g/mol. The highest BCUT2D eigenvalue weighted by molar-refractivity contribution is 8.01. The Labute approximate surface area is 163 Å². The van der Waals surface area contributed by atoms with E-state index in [1.807, 2.05) is 0 Å². The third-order valence-electron chi connectivity index (χ3n) is 5.10. The van der Waals surface area contributed by atoms with Crippen LogP contribution in [-0.4, -0.2) is 34.1 Å². The second-order valence-corrected chi connectivity index (χ2v) is 9.64. The number of hydrogen-bond donors (Lipinski definition) is 1. The van der Waals surface area contributed by atoms with Crippen molar-refractivity contribution >= 4 is 34.1 Å². The van der Waals surface area contributed by atoms with Gasteiger partial charge in [0, 0.05) is 23.4 Å². The van der Waals surface area contributed by atoms with Crippen LogP contribution in [-0.2, 0) is 17.8 Å². The molecule has 0 bridgehead atoms. The molecule has 0 radical (unpaired) electrons. The van der Waals surface area contributed by atoms with E-state index in [0.717, 1.165) is 42.8 Å². The van der Waals surface area contributed by atoms with Gasteiger partial charge in [-0.1, -0.05) is 24.6 Å². The summed E-state index contributed by atoms with van der Waals surface area (Å²) in [5.74, 6) is 0.836. The molecule has 0 spiro atoms. The monoisotopic (exact) mass is 387 g/mol. The van der Waals surface area contributed by atoms with Gasteiger partial charge in [0.2, 0.25) is 5.91 Å². The van der Waals surface area contributed by atoms with Gasteiger partial charge < -0.3 is 5.32 Å². The lowest BCUT2D eigenvalue weighted by molar-refractivity contribution is -0.115. The molecule has 6 heteroatoms. The van der Waals surface area contributed by atoms with E-state index < -0.39 is 0 Å². The van der Waals surface area contributed by atoms with Crippen molar-refractivity contribution < 1.29 is 4.79 Å². The predicted octanol–water partition coefficient (Wildman–Crippen LogP) is 4.34. The number of carbonyl (C=O) groups excluding carboxylic acids is 1. The van der Waals surface area contributed by atoms with Gasteiger partial charge >= 0.3 is 0 Å². The van der Waals surface area contributed by atoms with Crippen molar-refractivity contribution in [2.75, 3.05) is 18.4 Å². The SMILES string of the molecule is Cc1ccc2c(c1)SC(C(=O)Nc1nc(CN3CCCC(C)C3)cs1)C2. The first-order chi connectivity index (χ1) is 12.6. The summed E-state index contributed by atoms with van der Waals surface area (Å²) in [6, 6.07) is 6.44. The van der Waals surface area contributed by atoms with Crippen LogP contribution in [0.5, 0.6) is 0 Å². The maximum atomic E-state index is 12.6. The lowest BCUT2D eigenvalue weighted by atomic mass is 10.0. The summed E-state index contributed by atoms with van der Waals surface area (Å²) in [5.41, 5.74) is 3.59. The number of thioether (sulfide) groups is 1. The fourth-order valence-corrected chi connectivity index (χ4v) is 5.76. The van der Waals surface area contributed by atoms with E-state index in [-0.39, 0.29) is 11.2 Å². The minimum atomic E-state index is -0.0536. The summed E-state index contributed by atoms with van der Waals surface area (Å²) in [5, 5.41) is 5.78. The van der Waals surface area contributed by atoms with Crippen LogP contribution in [0.2, 0.25) is 0 Å². The van der Waals surface area contributed by atoms with Gasteiger partial charge in [0.1, 0.15) is 0 Å². The largest absolute Gasteiger partial charge is 0.301 e. The molecular weight excluding hydrogens is 362 g/mol. The lowest BCUT2D eigenvalue weighted by Gasteiger charge is -2.30. The number of amides is 1. The first-order valence-corrected chi connectivity index (χ1v) is 11.1. The van der Waals surface area contributed by atoms with Crippen LogP contribution in [0.15, 0.2) is 28.5 Å². The Morgan fingerprint density at radius 2 is 2.31 bits per heavy atom. The van der Waals surface area contributed by atoms with E-state index in [1.165, 1.54) is 40.2 Å². The van der Waals surface area contributed by atoms with E-state index in [9.17, 15) is 4.79 Å². The number of anilines is 1. The summed E-state index contributed by atoms with van der Waals surface area (Å²) in [6.07, 6.45) is 3.40. The van der Waals surface area contributed by atoms with Crippen molar-refractivity contribution in [1.82, 2.24) is 9.88 Å². The van der Waals surface area contributed by atoms with E-state index in [1.54, 1.807) is 11.8 Å². The Morgan fingerprint density at radius 1 is 1.42 bits per heavy atom. The number of nitrogens with one attached hydrogen (secondary N) is 1. The van der Waals surface area contributed by atoms with Gasteiger partial charge in [0.05, 0.1) is 10.9 Å². The highest BCUT2D eigenvalue weighted by Crippen LogP contribution is 2.38. The molecule has 1 aromatic carbocycles. The molecule has 2 atom stereocenters. The van der Waals surface area contributed by atoms with Gasteiger partial charge in [-0.25, -0.2) is 4.98 Å². The van der Waals surface area contributed by atoms with Crippen LogP contribution in [0.1, 0.15) is 36.6 Å². The predicted molar refractivity (Wildman–Crippen MR) is 109 cm³/mol. The van der Waals surface area contributed by atoms with Crippen LogP contribution in [0, 0.1) is 12.8 Å². The minimum absolute atomic E-state index is 0.0536. The van der Waals surface area contributed by atoms with E-state index >= 15 is 0 Å². The molecule has 0 aliphatic carbocycles. The minimum Gasteiger partial charge on any atom is -0.301 e. The maximum absolute atomic E-state index is 12.6. The third-order valence-corrected chi connectivity index (χ3v) is 7.20. The van der Waals surface area contributed by atoms with Gasteiger partial charge in [-0.2, -0.15) is 0 Å². The normalized spacial score (nSPS) is 23.0. The van der Waals surface area contributed by atoms with Crippen molar-refractivity contribution in [2.24, 2.45) is 5.92 Å². The number of aryl methyl sites for hydroxylation is 1. The average Bonchev–Trinajstić information content (AvgIpc) is 3.21. The number of piperidine rings is 1. The van der Waals surface area contributed by atoms with Crippen molar-refractivity contribution in [3.63, 3.8) is 0 Å². The number of fused-ring (bicyclic) bond motifs is 1. The van der Waals surface area contributed by atoms with Crippen LogP contribution in [0.25, 0.3) is 0 Å². The fraction of sp³-hybridized carbons (Fsp3) is 0.500. The Bertz CT molecular complexity index is 804. The number of hydrogen-bond acceptors (Lipinski definition) is 5. The maximum Gasteiger partial charge on any atom is 0.239 e. The highest BCUT2D eigenvalue weighted by Gasteiger charge is 2.29. The number of benzene rings is 1. The number of likely N-dealkylation sites (tertiary alicyclic amines) is 1. The second kappa shape index (κ2) is 7.71. The summed E-state index contributed by atoms with van der Waals surface area (Å²) in [6.45, 7) is 7.60. The fourth-order valence-electron chi connectivity index (χ4n) is 3.76. The summed E-state index contributed by atoms with van der Waals surface area (Å²) < 4.78 is 0.